The molecule has 0 bridgehead atoms. The van der Waals surface area contributed by atoms with Gasteiger partial charge in [-0.25, -0.2) is 9.59 Å². The summed E-state index contributed by atoms with van der Waals surface area (Å²) in [5, 5.41) is 6.80. The SMILES string of the molecule is [B]C([B])(OC(=O)/C(C)=C/C(=O)O)C(C)C. The van der Waals surface area contributed by atoms with Crippen LogP contribution in [0.15, 0.2) is 11.6 Å². The molecule has 0 aromatic carbocycles. The van der Waals surface area contributed by atoms with Gasteiger partial charge in [0.15, 0.2) is 0 Å². The smallest absolute Gasteiger partial charge is 0.332 e. The molecule has 78 valence electrons. The molecule has 0 heterocycles. The molecule has 0 unspecified atom stereocenters. The quantitative estimate of drug-likeness (QED) is 0.405. The average Bonchev–Trinajstić information content (AvgIpc) is 2.01. The summed E-state index contributed by atoms with van der Waals surface area (Å²) in [6.07, 6.45) is 0.735. The summed E-state index contributed by atoms with van der Waals surface area (Å²) in [6, 6.07) is 0. The van der Waals surface area contributed by atoms with E-state index in [1.165, 1.54) is 6.92 Å². The molecule has 0 aliphatic rings. The lowest BCUT2D eigenvalue weighted by Gasteiger charge is -2.30. The largest absolute Gasteiger partial charge is 0.478 e. The average molecular weight is 206 g/mol. The van der Waals surface area contributed by atoms with Gasteiger partial charge in [-0.15, -0.1) is 0 Å². The van der Waals surface area contributed by atoms with Crippen LogP contribution in [0.3, 0.4) is 0 Å². The van der Waals surface area contributed by atoms with Gasteiger partial charge in [0, 0.05) is 17.0 Å². The number of carbonyl (C=O) groups excluding carboxylic acids is 1. The highest BCUT2D eigenvalue weighted by Crippen LogP contribution is 2.15. The molecule has 4 nitrogen and oxygen atoms in total. The van der Waals surface area contributed by atoms with Gasteiger partial charge in [0.25, 0.3) is 0 Å². The first-order chi connectivity index (χ1) is 6.66. The molecule has 0 aliphatic heterocycles. The van der Waals surface area contributed by atoms with Crippen LogP contribution in [-0.4, -0.2) is 38.1 Å². The minimum Gasteiger partial charge on any atom is -0.478 e. The highest BCUT2D eigenvalue weighted by atomic mass is 16.5. The van der Waals surface area contributed by atoms with Crippen molar-refractivity contribution >= 4 is 27.6 Å². The molecule has 0 aromatic heterocycles. The Hall–Kier alpha value is -1.19. The third kappa shape index (κ3) is 4.72. The fourth-order valence-electron chi connectivity index (χ4n) is 0.603. The fourth-order valence-corrected chi connectivity index (χ4v) is 0.603. The molecular formula is C9H12B2O4. The molecule has 0 spiro atoms. The molecule has 4 radical (unpaired) electrons. The summed E-state index contributed by atoms with van der Waals surface area (Å²) < 4.78 is 4.75. The van der Waals surface area contributed by atoms with E-state index >= 15 is 0 Å². The topological polar surface area (TPSA) is 63.6 Å². The molecule has 0 rings (SSSR count). The Labute approximate surface area is 91.5 Å². The number of carboxylic acids is 1. The Kier molecular flexibility index (Phi) is 4.65. The number of carbonyl (C=O) groups is 2. The first kappa shape index (κ1) is 13.8. The van der Waals surface area contributed by atoms with Crippen molar-refractivity contribution in [3.63, 3.8) is 0 Å². The molecular weight excluding hydrogens is 194 g/mol. The van der Waals surface area contributed by atoms with Gasteiger partial charge >= 0.3 is 11.9 Å². The van der Waals surface area contributed by atoms with Crippen LogP contribution in [0.1, 0.15) is 20.8 Å². The van der Waals surface area contributed by atoms with Crippen molar-refractivity contribution in [3.05, 3.63) is 11.6 Å². The summed E-state index contributed by atoms with van der Waals surface area (Å²) in [4.78, 5) is 21.6. The maximum absolute atomic E-state index is 11.3. The molecule has 0 amide bonds. The first-order valence-electron chi connectivity index (χ1n) is 4.39. The number of hydrogen-bond donors (Lipinski definition) is 1. The van der Waals surface area contributed by atoms with Crippen LogP contribution in [0.5, 0.6) is 0 Å². The van der Waals surface area contributed by atoms with Gasteiger partial charge in [-0.2, -0.15) is 0 Å². The lowest BCUT2D eigenvalue weighted by Crippen LogP contribution is -2.41. The van der Waals surface area contributed by atoms with Crippen molar-refractivity contribution in [1.29, 1.82) is 0 Å². The maximum atomic E-state index is 11.3. The minimum absolute atomic E-state index is 0.0663. The molecule has 6 heteroatoms. The molecule has 0 fully saturated rings. The van der Waals surface area contributed by atoms with Gasteiger partial charge in [-0.05, 0) is 12.8 Å². The highest BCUT2D eigenvalue weighted by molar-refractivity contribution is 6.40. The fraction of sp³-hybridized carbons (Fsp3) is 0.556. The Balaban J connectivity index is 4.57. The predicted molar refractivity (Wildman–Crippen MR) is 56.6 cm³/mol. The van der Waals surface area contributed by atoms with Gasteiger partial charge in [0.2, 0.25) is 0 Å². The second-order valence-corrected chi connectivity index (χ2v) is 3.56. The van der Waals surface area contributed by atoms with Crippen molar-refractivity contribution in [3.8, 4) is 0 Å². The normalized spacial score (nSPS) is 12.7. The van der Waals surface area contributed by atoms with Crippen LogP contribution in [0.4, 0.5) is 0 Å². The van der Waals surface area contributed by atoms with Crippen molar-refractivity contribution in [2.24, 2.45) is 5.92 Å². The van der Waals surface area contributed by atoms with Crippen LogP contribution in [0.25, 0.3) is 0 Å². The molecule has 0 atom stereocenters. The zero-order valence-corrected chi connectivity index (χ0v) is 8.98. The zero-order valence-electron chi connectivity index (χ0n) is 8.98. The number of ether oxygens (including phenoxy) is 1. The maximum Gasteiger partial charge on any atom is 0.332 e. The van der Waals surface area contributed by atoms with E-state index in [2.05, 4.69) is 0 Å². The lowest BCUT2D eigenvalue weighted by atomic mass is 9.59. The van der Waals surface area contributed by atoms with Crippen molar-refractivity contribution in [2.75, 3.05) is 0 Å². The summed E-state index contributed by atoms with van der Waals surface area (Å²) in [7, 11) is 11.0. The number of hydrogen-bond acceptors (Lipinski definition) is 3. The van der Waals surface area contributed by atoms with E-state index in [1.54, 1.807) is 13.8 Å². The van der Waals surface area contributed by atoms with E-state index in [0.717, 1.165) is 6.08 Å². The van der Waals surface area contributed by atoms with E-state index in [-0.39, 0.29) is 11.5 Å². The van der Waals surface area contributed by atoms with Crippen molar-refractivity contribution in [2.45, 2.75) is 26.2 Å². The molecule has 15 heavy (non-hydrogen) atoms. The van der Waals surface area contributed by atoms with Gasteiger partial charge in [0.1, 0.15) is 15.7 Å². The lowest BCUT2D eigenvalue weighted by molar-refractivity contribution is -0.145. The standard InChI is InChI=1S/C9H12B2O4/c1-5(2)9(10,11)15-8(14)6(3)4-7(12)13/h4-5H,1-3H3,(H,12,13)/b6-4+. The second kappa shape index (κ2) is 5.05. The first-order valence-corrected chi connectivity index (χ1v) is 4.39. The third-order valence-electron chi connectivity index (χ3n) is 1.83. The van der Waals surface area contributed by atoms with E-state index < -0.39 is 17.3 Å². The molecule has 0 aliphatic carbocycles. The highest BCUT2D eigenvalue weighted by Gasteiger charge is 2.26. The Morgan fingerprint density at radius 1 is 1.40 bits per heavy atom. The van der Waals surface area contributed by atoms with Crippen LogP contribution in [-0.2, 0) is 14.3 Å². The predicted octanol–water partition coefficient (Wildman–Crippen LogP) is 0.207. The van der Waals surface area contributed by atoms with Crippen LogP contribution >= 0.6 is 0 Å². The van der Waals surface area contributed by atoms with Crippen LogP contribution in [0, 0.1) is 5.92 Å². The van der Waals surface area contributed by atoms with Crippen molar-refractivity contribution in [1.82, 2.24) is 0 Å². The summed E-state index contributed by atoms with van der Waals surface area (Å²) in [5.74, 6) is -2.34. The second-order valence-electron chi connectivity index (χ2n) is 3.56. The Morgan fingerprint density at radius 3 is 2.20 bits per heavy atom. The summed E-state index contributed by atoms with van der Waals surface area (Å²) >= 11 is 0. The van der Waals surface area contributed by atoms with Gasteiger partial charge in [0.05, 0.1) is 0 Å². The van der Waals surface area contributed by atoms with Gasteiger partial charge in [-0.1, -0.05) is 13.8 Å². The molecule has 0 aromatic rings. The number of carboxylic acid groups (broad SMARTS) is 1. The van der Waals surface area contributed by atoms with Gasteiger partial charge < -0.3 is 9.84 Å². The van der Waals surface area contributed by atoms with E-state index in [1.807, 2.05) is 0 Å². The van der Waals surface area contributed by atoms with E-state index in [0.29, 0.717) is 0 Å². The Bertz CT molecular complexity index is 294. The van der Waals surface area contributed by atoms with Gasteiger partial charge in [-0.3, -0.25) is 0 Å². The number of aliphatic carboxylic acids is 1. The number of esters is 1. The molecule has 0 saturated heterocycles. The monoisotopic (exact) mass is 206 g/mol. The summed E-state index contributed by atoms with van der Waals surface area (Å²) in [6.45, 7) is 4.68. The zero-order chi connectivity index (χ0) is 12.2. The Morgan fingerprint density at radius 2 is 1.87 bits per heavy atom. The van der Waals surface area contributed by atoms with Crippen molar-refractivity contribution < 1.29 is 19.4 Å². The number of rotatable bonds is 4. The summed E-state index contributed by atoms with van der Waals surface area (Å²) in [5.41, 5.74) is -0.0663. The molecule has 0 saturated carbocycles. The van der Waals surface area contributed by atoms with E-state index in [4.69, 9.17) is 25.5 Å². The van der Waals surface area contributed by atoms with Crippen LogP contribution in [0.2, 0.25) is 0 Å². The molecule has 1 N–H and O–H groups in total. The minimum atomic E-state index is -1.59. The third-order valence-corrected chi connectivity index (χ3v) is 1.83. The van der Waals surface area contributed by atoms with E-state index in [9.17, 15) is 9.59 Å². The van der Waals surface area contributed by atoms with Crippen LogP contribution < -0.4 is 0 Å².